The summed E-state index contributed by atoms with van der Waals surface area (Å²) in [5.41, 5.74) is 0. The number of nitrogens with zero attached hydrogens (tertiary/aromatic N) is 1. The molecule has 2 fully saturated rings. The Balaban J connectivity index is 1.48. The van der Waals surface area contributed by atoms with E-state index in [0.717, 1.165) is 17.8 Å². The van der Waals surface area contributed by atoms with Crippen LogP contribution in [0.1, 0.15) is 70.6 Å². The number of quaternary nitrogens is 1. The van der Waals surface area contributed by atoms with Gasteiger partial charge in [0.1, 0.15) is 6.67 Å². The van der Waals surface area contributed by atoms with Crippen LogP contribution in [-0.4, -0.2) is 37.7 Å². The van der Waals surface area contributed by atoms with Gasteiger partial charge in [-0.1, -0.05) is 55.7 Å². The molecule has 156 valence electrons. The van der Waals surface area contributed by atoms with Crippen LogP contribution in [0.25, 0.3) is 0 Å². The van der Waals surface area contributed by atoms with Crippen LogP contribution in [0.15, 0.2) is 36.5 Å². The van der Waals surface area contributed by atoms with Crippen LogP contribution in [0, 0.1) is 23.7 Å². The number of allylic oxidation sites excluding steroid dienone is 5. The summed E-state index contributed by atoms with van der Waals surface area (Å²) in [5.74, 6) is 3.34. The van der Waals surface area contributed by atoms with Crippen LogP contribution in [0.3, 0.4) is 0 Å². The molecule has 2 bridgehead atoms. The zero-order valence-corrected chi connectivity index (χ0v) is 18.0. The van der Waals surface area contributed by atoms with E-state index in [0.29, 0.717) is 5.92 Å². The first-order chi connectivity index (χ1) is 13.9. The predicted molar refractivity (Wildman–Crippen MR) is 119 cm³/mol. The molecule has 2 nitrogen and oxygen atoms in total. The largest absolute Gasteiger partial charge is 0.322 e. The Hall–Kier alpha value is -0.860. The number of fused-ring (bicyclic) bond motifs is 5. The van der Waals surface area contributed by atoms with Crippen molar-refractivity contribution in [1.82, 2.24) is 4.90 Å². The highest BCUT2D eigenvalue weighted by atomic mass is 15.3. The molecule has 6 atom stereocenters. The van der Waals surface area contributed by atoms with E-state index in [4.69, 9.17) is 0 Å². The molecule has 1 N–H and O–H groups in total. The van der Waals surface area contributed by atoms with Crippen molar-refractivity contribution in [3.8, 4) is 0 Å². The summed E-state index contributed by atoms with van der Waals surface area (Å²) < 4.78 is 0. The normalized spacial score (nSPS) is 41.4. The zero-order chi connectivity index (χ0) is 19.0. The van der Waals surface area contributed by atoms with Crippen molar-refractivity contribution in [1.29, 1.82) is 0 Å². The smallest absolute Gasteiger partial charge is 0.133 e. The van der Waals surface area contributed by atoms with Gasteiger partial charge < -0.3 is 4.90 Å². The summed E-state index contributed by atoms with van der Waals surface area (Å²) in [5, 5.41) is 0. The molecule has 4 rings (SSSR count). The van der Waals surface area contributed by atoms with Crippen molar-refractivity contribution in [2.24, 2.45) is 23.7 Å². The second-order valence-electron chi connectivity index (χ2n) is 9.90. The molecule has 2 unspecified atom stereocenters. The fourth-order valence-electron chi connectivity index (χ4n) is 6.28. The van der Waals surface area contributed by atoms with Gasteiger partial charge in [-0.25, -0.2) is 0 Å². The van der Waals surface area contributed by atoms with Gasteiger partial charge in [-0.15, -0.1) is 0 Å². The van der Waals surface area contributed by atoms with Gasteiger partial charge in [-0.3, -0.25) is 4.90 Å². The van der Waals surface area contributed by atoms with Crippen LogP contribution in [0.4, 0.5) is 0 Å². The number of rotatable bonds is 0. The van der Waals surface area contributed by atoms with Crippen LogP contribution < -0.4 is 4.90 Å². The molecule has 0 radical (unpaired) electrons. The molecule has 0 aromatic rings. The summed E-state index contributed by atoms with van der Waals surface area (Å²) in [6.45, 7) is 6.65. The number of hydrogen-bond acceptors (Lipinski definition) is 1. The van der Waals surface area contributed by atoms with Crippen LogP contribution >= 0.6 is 0 Å². The standard InChI is InChI=1S/C26H42N2/c1-2-4-6-8-13-24-17-16-23-14-9-10-15-25(23)26(24)21-28-20-12-19-27(22-28)18-11-7-5-3-1/h5,7-8,13,16-17,23-26H,1-4,6,9-12,14-15,18-22H2/p+1/b7-5?,13-8+/t23-,24+,25+,26+/m0/s1. The Kier molecular flexibility index (Phi) is 7.86. The Morgan fingerprint density at radius 1 is 0.679 bits per heavy atom. The first-order valence-electron chi connectivity index (χ1n) is 12.5. The average Bonchev–Trinajstić information content (AvgIpc) is 2.73. The van der Waals surface area contributed by atoms with Crippen molar-refractivity contribution in [2.75, 3.05) is 32.8 Å². The fraction of sp³-hybridized carbons (Fsp3) is 0.769. The maximum atomic E-state index is 2.83. The number of nitrogens with one attached hydrogen (secondary N) is 1. The van der Waals surface area contributed by atoms with E-state index < -0.39 is 0 Å². The molecule has 4 aliphatic rings. The van der Waals surface area contributed by atoms with Crippen molar-refractivity contribution in [3.05, 3.63) is 36.5 Å². The summed E-state index contributed by atoms with van der Waals surface area (Å²) in [4.78, 5) is 4.65. The lowest BCUT2D eigenvalue weighted by atomic mass is 9.64. The van der Waals surface area contributed by atoms with Gasteiger partial charge in [-0.05, 0) is 62.2 Å². The van der Waals surface area contributed by atoms with E-state index in [2.05, 4.69) is 41.4 Å². The van der Waals surface area contributed by atoms with Crippen molar-refractivity contribution in [2.45, 2.75) is 70.6 Å². The zero-order valence-electron chi connectivity index (χ0n) is 18.0. The van der Waals surface area contributed by atoms with E-state index in [1.165, 1.54) is 103 Å². The molecule has 2 heteroatoms. The Morgan fingerprint density at radius 2 is 1.54 bits per heavy atom. The van der Waals surface area contributed by atoms with Crippen molar-refractivity contribution in [3.63, 3.8) is 0 Å². The molecule has 1 saturated heterocycles. The van der Waals surface area contributed by atoms with Gasteiger partial charge in [0.05, 0.1) is 13.1 Å². The molecular formula is C26H43N2+. The molecule has 2 aliphatic carbocycles. The molecule has 0 aromatic heterocycles. The molecular weight excluding hydrogens is 340 g/mol. The Labute approximate surface area is 173 Å². The lowest BCUT2D eigenvalue weighted by Gasteiger charge is -2.44. The maximum absolute atomic E-state index is 2.83. The van der Waals surface area contributed by atoms with Crippen LogP contribution in [0.2, 0.25) is 0 Å². The van der Waals surface area contributed by atoms with Gasteiger partial charge >= 0.3 is 0 Å². The minimum Gasteiger partial charge on any atom is -0.322 e. The number of hydrogen-bond donors (Lipinski definition) is 1. The van der Waals surface area contributed by atoms with Gasteiger partial charge in [-0.2, -0.15) is 0 Å². The Bertz CT molecular complexity index is 549. The summed E-state index contributed by atoms with van der Waals surface area (Å²) in [7, 11) is 0. The summed E-state index contributed by atoms with van der Waals surface area (Å²) in [6.07, 6.45) is 30.4. The molecule has 28 heavy (non-hydrogen) atoms. The summed E-state index contributed by atoms with van der Waals surface area (Å²) >= 11 is 0. The molecule has 0 aromatic carbocycles. The van der Waals surface area contributed by atoms with Gasteiger partial charge in [0.15, 0.2) is 0 Å². The van der Waals surface area contributed by atoms with Gasteiger partial charge in [0, 0.05) is 25.9 Å². The Morgan fingerprint density at radius 3 is 2.50 bits per heavy atom. The fourth-order valence-corrected chi connectivity index (χ4v) is 6.28. The van der Waals surface area contributed by atoms with E-state index >= 15 is 0 Å². The highest BCUT2D eigenvalue weighted by Crippen LogP contribution is 2.43. The molecule has 0 amide bonds. The van der Waals surface area contributed by atoms with Crippen molar-refractivity contribution < 1.29 is 4.90 Å². The summed E-state index contributed by atoms with van der Waals surface area (Å²) in [6, 6.07) is 0. The second kappa shape index (κ2) is 10.8. The van der Waals surface area contributed by atoms with Gasteiger partial charge in [0.25, 0.3) is 0 Å². The SMILES string of the molecule is C1=CCC[NH+]2CCCN(C[C@H]3[C@@H]4CCCC[C@H]4C=C[C@H]3/C=C/CCCCC1)C2. The predicted octanol–water partition coefficient (Wildman–Crippen LogP) is 4.61. The lowest BCUT2D eigenvalue weighted by Crippen LogP contribution is -3.14. The van der Waals surface area contributed by atoms with Gasteiger partial charge in [0.2, 0.25) is 0 Å². The molecule has 1 saturated carbocycles. The maximum Gasteiger partial charge on any atom is 0.133 e. The van der Waals surface area contributed by atoms with Crippen LogP contribution in [-0.2, 0) is 0 Å². The highest BCUT2D eigenvalue weighted by Gasteiger charge is 2.38. The monoisotopic (exact) mass is 383 g/mol. The van der Waals surface area contributed by atoms with E-state index in [1.54, 1.807) is 0 Å². The second-order valence-corrected chi connectivity index (χ2v) is 9.90. The molecule has 2 aliphatic heterocycles. The van der Waals surface area contributed by atoms with Crippen molar-refractivity contribution >= 4 is 0 Å². The third kappa shape index (κ3) is 5.60. The lowest BCUT2D eigenvalue weighted by molar-refractivity contribution is -0.916. The molecule has 0 spiro atoms. The first kappa shape index (κ1) is 20.4. The minimum absolute atomic E-state index is 0.682. The van der Waals surface area contributed by atoms with Crippen LogP contribution in [0.5, 0.6) is 0 Å². The third-order valence-electron chi connectivity index (χ3n) is 7.85. The third-order valence-corrected chi connectivity index (χ3v) is 7.85. The topological polar surface area (TPSA) is 7.68 Å². The van der Waals surface area contributed by atoms with E-state index in [9.17, 15) is 0 Å². The minimum atomic E-state index is 0.682. The molecule has 2 heterocycles. The first-order valence-corrected chi connectivity index (χ1v) is 12.5. The average molecular weight is 384 g/mol. The quantitative estimate of drug-likeness (QED) is 0.600. The van der Waals surface area contributed by atoms with E-state index in [-0.39, 0.29) is 0 Å². The highest BCUT2D eigenvalue weighted by molar-refractivity contribution is 5.13. The van der Waals surface area contributed by atoms with E-state index in [1.807, 2.05) is 4.90 Å².